The number of unbranched alkanes of at least 4 members (excludes halogenated alkanes) is 1. The van der Waals surface area contributed by atoms with Gasteiger partial charge in [0.15, 0.2) is 5.13 Å². The van der Waals surface area contributed by atoms with Crippen LogP contribution in [0.1, 0.15) is 49.4 Å². The van der Waals surface area contributed by atoms with Gasteiger partial charge in [-0.1, -0.05) is 25.5 Å². The summed E-state index contributed by atoms with van der Waals surface area (Å²) in [5.41, 5.74) is 2.12. The lowest BCUT2D eigenvalue weighted by Gasteiger charge is -2.23. The molecule has 180 valence electrons. The highest BCUT2D eigenvalue weighted by molar-refractivity contribution is 7.14. The number of hydrogen-bond donors (Lipinski definition) is 1. The summed E-state index contributed by atoms with van der Waals surface area (Å²) in [4.78, 5) is 32.2. The fraction of sp³-hybridized carbons (Fsp3) is 0.296. The predicted molar refractivity (Wildman–Crippen MR) is 134 cm³/mol. The molecule has 1 fully saturated rings. The van der Waals surface area contributed by atoms with E-state index in [1.165, 1.54) is 16.2 Å². The van der Waals surface area contributed by atoms with Crippen molar-refractivity contribution in [2.45, 2.75) is 45.3 Å². The summed E-state index contributed by atoms with van der Waals surface area (Å²) in [6, 6.07) is 11.8. The highest BCUT2D eigenvalue weighted by Gasteiger charge is 2.48. The average Bonchev–Trinajstić information content (AvgIpc) is 3.57. The lowest BCUT2D eigenvalue weighted by Crippen LogP contribution is -2.29. The summed E-state index contributed by atoms with van der Waals surface area (Å²) >= 11 is 1.26. The zero-order chi connectivity index (χ0) is 24.5. The Labute approximate surface area is 207 Å². The number of hydrogen-bond acceptors (Lipinski definition) is 7. The zero-order valence-electron chi connectivity index (χ0n) is 19.6. The average molecular weight is 491 g/mol. The van der Waals surface area contributed by atoms with Gasteiger partial charge in [0.25, 0.3) is 5.78 Å². The van der Waals surface area contributed by atoms with E-state index in [4.69, 9.17) is 9.47 Å². The maximum absolute atomic E-state index is 13.3. The molecule has 5 rings (SSSR count). The highest BCUT2D eigenvalue weighted by Crippen LogP contribution is 2.44. The van der Waals surface area contributed by atoms with Crippen LogP contribution in [0.15, 0.2) is 59.6 Å². The number of carbonyl (C=O) groups excluding carboxylic acids is 2. The zero-order valence-corrected chi connectivity index (χ0v) is 20.4. The Morgan fingerprint density at radius 3 is 2.89 bits per heavy atom. The van der Waals surface area contributed by atoms with Crippen LogP contribution >= 0.6 is 11.3 Å². The van der Waals surface area contributed by atoms with Crippen LogP contribution < -0.4 is 14.4 Å². The third kappa shape index (κ3) is 4.30. The Hall–Kier alpha value is -3.65. The number of ketones is 1. The third-order valence-corrected chi connectivity index (χ3v) is 6.95. The van der Waals surface area contributed by atoms with Gasteiger partial charge in [0, 0.05) is 23.6 Å². The van der Waals surface area contributed by atoms with Crippen molar-refractivity contribution in [3.05, 3.63) is 76.3 Å². The summed E-state index contributed by atoms with van der Waals surface area (Å²) in [6.07, 6.45) is 4.28. The first-order valence-electron chi connectivity index (χ1n) is 11.7. The summed E-state index contributed by atoms with van der Waals surface area (Å²) < 4.78 is 11.6. The molecule has 7 nitrogen and oxygen atoms in total. The monoisotopic (exact) mass is 490 g/mol. The second-order valence-corrected chi connectivity index (χ2v) is 9.59. The fourth-order valence-corrected chi connectivity index (χ4v) is 5.18. The number of aromatic nitrogens is 1. The SMILES string of the molecule is CCCCOc1cccc(C2/C(=C(/O)c3ccc4c(c3)CC(C)O4)C(=O)C(=O)N2c2nccs2)c1. The molecule has 3 heterocycles. The summed E-state index contributed by atoms with van der Waals surface area (Å²) in [5.74, 6) is -0.269. The van der Waals surface area contributed by atoms with Crippen molar-refractivity contribution in [2.75, 3.05) is 11.5 Å². The Bertz CT molecular complexity index is 1300. The molecule has 0 radical (unpaired) electrons. The molecule has 1 amide bonds. The van der Waals surface area contributed by atoms with E-state index in [2.05, 4.69) is 11.9 Å². The van der Waals surface area contributed by atoms with Crippen LogP contribution in [-0.4, -0.2) is 34.5 Å². The van der Waals surface area contributed by atoms with Crippen LogP contribution in [0.5, 0.6) is 11.5 Å². The minimum atomic E-state index is -0.834. The van der Waals surface area contributed by atoms with Gasteiger partial charge in [-0.15, -0.1) is 11.3 Å². The summed E-state index contributed by atoms with van der Waals surface area (Å²) in [5, 5.41) is 13.5. The molecule has 0 aliphatic carbocycles. The van der Waals surface area contributed by atoms with Gasteiger partial charge in [-0.3, -0.25) is 14.5 Å². The van der Waals surface area contributed by atoms with Crippen molar-refractivity contribution >= 4 is 33.9 Å². The number of amides is 1. The van der Waals surface area contributed by atoms with E-state index in [1.807, 2.05) is 37.3 Å². The van der Waals surface area contributed by atoms with Gasteiger partial charge in [0.1, 0.15) is 23.4 Å². The highest BCUT2D eigenvalue weighted by atomic mass is 32.1. The number of benzene rings is 2. The van der Waals surface area contributed by atoms with Crippen LogP contribution in [-0.2, 0) is 16.0 Å². The number of carbonyl (C=O) groups is 2. The van der Waals surface area contributed by atoms with E-state index in [0.29, 0.717) is 35.0 Å². The van der Waals surface area contributed by atoms with Gasteiger partial charge in [-0.25, -0.2) is 4.98 Å². The van der Waals surface area contributed by atoms with Crippen LogP contribution in [0.4, 0.5) is 5.13 Å². The number of fused-ring (bicyclic) bond motifs is 1. The topological polar surface area (TPSA) is 89.0 Å². The van der Waals surface area contributed by atoms with Crippen LogP contribution in [0, 0.1) is 0 Å². The van der Waals surface area contributed by atoms with E-state index in [-0.39, 0.29) is 17.4 Å². The van der Waals surface area contributed by atoms with Crippen molar-refractivity contribution in [3.8, 4) is 11.5 Å². The molecule has 0 spiro atoms. The number of thiazole rings is 1. The maximum Gasteiger partial charge on any atom is 0.301 e. The molecule has 2 aromatic carbocycles. The largest absolute Gasteiger partial charge is 0.507 e. The molecule has 1 N–H and O–H groups in total. The first-order chi connectivity index (χ1) is 17.0. The van der Waals surface area contributed by atoms with Crippen molar-refractivity contribution in [2.24, 2.45) is 0 Å². The standard InChI is InChI=1S/C27H26N2O5S/c1-3-4-11-33-20-7-5-6-17(15-20)23-22(25(31)26(32)29(23)27-28-10-12-35-27)24(30)18-8-9-21-19(14-18)13-16(2)34-21/h5-10,12,14-16,23,30H,3-4,11,13H2,1-2H3/b24-22-. The normalized spacial score (nSPS) is 20.7. The Balaban J connectivity index is 1.62. The van der Waals surface area contributed by atoms with E-state index in [1.54, 1.807) is 23.7 Å². The van der Waals surface area contributed by atoms with Crippen molar-refractivity contribution in [3.63, 3.8) is 0 Å². The molecule has 8 heteroatoms. The van der Waals surface area contributed by atoms with E-state index in [0.717, 1.165) is 24.2 Å². The Morgan fingerprint density at radius 2 is 2.11 bits per heavy atom. The molecule has 2 aliphatic rings. The first-order valence-corrected chi connectivity index (χ1v) is 12.6. The van der Waals surface area contributed by atoms with Gasteiger partial charge in [-0.2, -0.15) is 0 Å². The lowest BCUT2D eigenvalue weighted by atomic mass is 9.94. The maximum atomic E-state index is 13.3. The number of ether oxygens (including phenoxy) is 2. The molecular formula is C27H26N2O5S. The molecule has 2 atom stereocenters. The smallest absolute Gasteiger partial charge is 0.301 e. The molecule has 2 aliphatic heterocycles. The van der Waals surface area contributed by atoms with Gasteiger partial charge in [0.05, 0.1) is 18.2 Å². The number of anilines is 1. The van der Waals surface area contributed by atoms with Gasteiger partial charge in [0.2, 0.25) is 0 Å². The first kappa shape index (κ1) is 23.1. The van der Waals surface area contributed by atoms with Gasteiger partial charge in [-0.05, 0) is 54.8 Å². The van der Waals surface area contributed by atoms with E-state index in [9.17, 15) is 14.7 Å². The number of Topliss-reactive ketones (excluding diaryl/α,β-unsaturated/α-hetero) is 1. The predicted octanol–water partition coefficient (Wildman–Crippen LogP) is 5.27. The molecular weight excluding hydrogens is 464 g/mol. The number of nitrogens with zero attached hydrogens (tertiary/aromatic N) is 2. The number of aliphatic hydroxyl groups excluding tert-OH is 1. The molecule has 1 aromatic heterocycles. The quantitative estimate of drug-likeness (QED) is 0.210. The Morgan fingerprint density at radius 1 is 1.26 bits per heavy atom. The molecule has 0 saturated carbocycles. The third-order valence-electron chi connectivity index (χ3n) is 6.18. The lowest BCUT2D eigenvalue weighted by molar-refractivity contribution is -0.132. The number of rotatable bonds is 7. The summed E-state index contributed by atoms with van der Waals surface area (Å²) in [7, 11) is 0. The minimum absolute atomic E-state index is 0.0304. The van der Waals surface area contributed by atoms with Gasteiger partial charge >= 0.3 is 5.91 Å². The summed E-state index contributed by atoms with van der Waals surface area (Å²) in [6.45, 7) is 4.64. The van der Waals surface area contributed by atoms with E-state index >= 15 is 0 Å². The van der Waals surface area contributed by atoms with Crippen molar-refractivity contribution < 1.29 is 24.2 Å². The number of aliphatic hydroxyl groups is 1. The molecule has 3 aromatic rings. The van der Waals surface area contributed by atoms with Crippen LogP contribution in [0.3, 0.4) is 0 Å². The second kappa shape index (κ2) is 9.54. The molecule has 35 heavy (non-hydrogen) atoms. The molecule has 0 bridgehead atoms. The molecule has 1 saturated heterocycles. The van der Waals surface area contributed by atoms with Crippen molar-refractivity contribution in [1.29, 1.82) is 0 Å². The fourth-order valence-electron chi connectivity index (χ4n) is 4.51. The molecule has 2 unspecified atom stereocenters. The van der Waals surface area contributed by atoms with Crippen LogP contribution in [0.25, 0.3) is 5.76 Å². The van der Waals surface area contributed by atoms with Gasteiger partial charge < -0.3 is 14.6 Å². The van der Waals surface area contributed by atoms with Crippen molar-refractivity contribution in [1.82, 2.24) is 4.98 Å². The second-order valence-electron chi connectivity index (χ2n) is 8.71. The van der Waals surface area contributed by atoms with Crippen LogP contribution in [0.2, 0.25) is 0 Å². The minimum Gasteiger partial charge on any atom is -0.507 e. The van der Waals surface area contributed by atoms with E-state index < -0.39 is 17.7 Å². The Kier molecular flexibility index (Phi) is 6.30.